The van der Waals surface area contributed by atoms with Crippen LogP contribution in [0.15, 0.2) is 47.1 Å². The maximum absolute atomic E-state index is 12.4. The zero-order valence-electron chi connectivity index (χ0n) is 13.6. The summed E-state index contributed by atoms with van der Waals surface area (Å²) in [6.07, 6.45) is 2.22. The molecule has 5 nitrogen and oxygen atoms in total. The number of hydrogen-bond acceptors (Lipinski definition) is 3. The van der Waals surface area contributed by atoms with E-state index in [0.29, 0.717) is 40.9 Å². The van der Waals surface area contributed by atoms with Crippen molar-refractivity contribution >= 4 is 29.1 Å². The summed E-state index contributed by atoms with van der Waals surface area (Å²) in [5, 5.41) is 8.15. The first-order chi connectivity index (χ1) is 12.1. The van der Waals surface area contributed by atoms with E-state index in [2.05, 4.69) is 10.4 Å². The molecule has 3 aromatic rings. The molecule has 7 heteroatoms. The molecule has 2 heterocycles. The number of carbonyl (C=O) groups excluding carboxylic acids is 1. The van der Waals surface area contributed by atoms with Crippen LogP contribution in [0.1, 0.15) is 27.4 Å². The standard InChI is InChI=1S/C18H17Cl2N3O2/c1-12-16(18(24)21-9-8-14-6-4-10-25-14)17(20)23(22-12)11-13-5-2-3-7-15(13)19/h2-7,10H,8-9,11H2,1H3,(H,21,24). The number of halogens is 2. The minimum Gasteiger partial charge on any atom is -0.469 e. The van der Waals surface area contributed by atoms with Crippen LogP contribution in [-0.2, 0) is 13.0 Å². The fourth-order valence-corrected chi connectivity index (χ4v) is 3.06. The Balaban J connectivity index is 1.70. The van der Waals surface area contributed by atoms with E-state index in [4.69, 9.17) is 27.6 Å². The van der Waals surface area contributed by atoms with Gasteiger partial charge in [0.15, 0.2) is 0 Å². The lowest BCUT2D eigenvalue weighted by Crippen LogP contribution is -2.26. The highest BCUT2D eigenvalue weighted by molar-refractivity contribution is 6.33. The van der Waals surface area contributed by atoms with Crippen LogP contribution < -0.4 is 5.32 Å². The third kappa shape index (κ3) is 4.06. The van der Waals surface area contributed by atoms with Gasteiger partial charge in [0, 0.05) is 18.0 Å². The average Bonchev–Trinajstić information content (AvgIpc) is 3.18. The first-order valence-electron chi connectivity index (χ1n) is 7.83. The number of furan rings is 1. The van der Waals surface area contributed by atoms with E-state index >= 15 is 0 Å². The van der Waals surface area contributed by atoms with Crippen LogP contribution in [0.3, 0.4) is 0 Å². The summed E-state index contributed by atoms with van der Waals surface area (Å²) in [5.41, 5.74) is 1.85. The molecule has 0 aliphatic rings. The highest BCUT2D eigenvalue weighted by Crippen LogP contribution is 2.23. The third-order valence-electron chi connectivity index (χ3n) is 3.81. The Morgan fingerprint density at radius 2 is 2.04 bits per heavy atom. The number of hydrogen-bond donors (Lipinski definition) is 1. The van der Waals surface area contributed by atoms with Gasteiger partial charge < -0.3 is 9.73 Å². The molecular formula is C18H17Cl2N3O2. The molecule has 0 saturated heterocycles. The van der Waals surface area contributed by atoms with Crippen molar-refractivity contribution in [1.29, 1.82) is 0 Å². The number of amides is 1. The Morgan fingerprint density at radius 3 is 2.76 bits per heavy atom. The molecule has 1 aromatic carbocycles. The van der Waals surface area contributed by atoms with Gasteiger partial charge in [-0.3, -0.25) is 4.79 Å². The van der Waals surface area contributed by atoms with E-state index in [0.717, 1.165) is 11.3 Å². The lowest BCUT2D eigenvalue weighted by molar-refractivity contribution is 0.0953. The van der Waals surface area contributed by atoms with Crippen molar-refractivity contribution in [1.82, 2.24) is 15.1 Å². The van der Waals surface area contributed by atoms with Gasteiger partial charge in [-0.05, 0) is 30.7 Å². The topological polar surface area (TPSA) is 60.1 Å². The van der Waals surface area contributed by atoms with Gasteiger partial charge in [0.2, 0.25) is 0 Å². The van der Waals surface area contributed by atoms with Crippen molar-refractivity contribution in [2.24, 2.45) is 0 Å². The lowest BCUT2D eigenvalue weighted by atomic mass is 10.2. The summed E-state index contributed by atoms with van der Waals surface area (Å²) in [7, 11) is 0. The minimum atomic E-state index is -0.250. The summed E-state index contributed by atoms with van der Waals surface area (Å²) in [4.78, 5) is 12.4. The van der Waals surface area contributed by atoms with E-state index in [1.807, 2.05) is 36.4 Å². The van der Waals surface area contributed by atoms with Crippen LogP contribution >= 0.6 is 23.2 Å². The lowest BCUT2D eigenvalue weighted by Gasteiger charge is -2.06. The van der Waals surface area contributed by atoms with Crippen LogP contribution in [0.25, 0.3) is 0 Å². The number of rotatable bonds is 6. The smallest absolute Gasteiger partial charge is 0.256 e. The van der Waals surface area contributed by atoms with Crippen LogP contribution in [0.5, 0.6) is 0 Å². The van der Waals surface area contributed by atoms with Crippen molar-refractivity contribution < 1.29 is 9.21 Å². The Hall–Kier alpha value is -2.24. The number of carbonyl (C=O) groups is 1. The van der Waals surface area contributed by atoms with Gasteiger partial charge in [0.05, 0.1) is 24.1 Å². The first-order valence-corrected chi connectivity index (χ1v) is 8.58. The molecule has 2 aromatic heterocycles. The van der Waals surface area contributed by atoms with Crippen molar-refractivity contribution in [3.05, 3.63) is 75.4 Å². The third-order valence-corrected chi connectivity index (χ3v) is 4.56. The molecule has 1 amide bonds. The normalized spacial score (nSPS) is 10.8. The highest BCUT2D eigenvalue weighted by Gasteiger charge is 2.20. The van der Waals surface area contributed by atoms with E-state index in [1.54, 1.807) is 17.9 Å². The van der Waals surface area contributed by atoms with Gasteiger partial charge in [0.1, 0.15) is 10.9 Å². The zero-order chi connectivity index (χ0) is 17.8. The molecule has 0 radical (unpaired) electrons. The quantitative estimate of drug-likeness (QED) is 0.702. The molecule has 130 valence electrons. The van der Waals surface area contributed by atoms with E-state index in [-0.39, 0.29) is 5.91 Å². The van der Waals surface area contributed by atoms with Crippen molar-refractivity contribution in [3.8, 4) is 0 Å². The van der Waals surface area contributed by atoms with Crippen molar-refractivity contribution in [2.75, 3.05) is 6.54 Å². The summed E-state index contributed by atoms with van der Waals surface area (Å²) in [6, 6.07) is 11.2. The van der Waals surface area contributed by atoms with E-state index in [9.17, 15) is 4.79 Å². The average molecular weight is 378 g/mol. The van der Waals surface area contributed by atoms with E-state index < -0.39 is 0 Å². The molecule has 0 aliphatic carbocycles. The van der Waals surface area contributed by atoms with Crippen LogP contribution in [-0.4, -0.2) is 22.2 Å². The second kappa shape index (κ2) is 7.76. The van der Waals surface area contributed by atoms with Gasteiger partial charge >= 0.3 is 0 Å². The molecule has 0 aliphatic heterocycles. The summed E-state index contributed by atoms with van der Waals surface area (Å²) in [6.45, 7) is 2.62. The second-order valence-corrected chi connectivity index (χ2v) is 6.35. The SMILES string of the molecule is Cc1nn(Cc2ccccc2Cl)c(Cl)c1C(=O)NCCc1ccco1. The molecule has 1 N–H and O–H groups in total. The molecule has 0 spiro atoms. The fraction of sp³-hybridized carbons (Fsp3) is 0.222. The zero-order valence-corrected chi connectivity index (χ0v) is 15.1. The molecule has 0 atom stereocenters. The maximum Gasteiger partial charge on any atom is 0.256 e. The van der Waals surface area contributed by atoms with Crippen molar-refractivity contribution in [2.45, 2.75) is 19.9 Å². The molecule has 3 rings (SSSR count). The second-order valence-electron chi connectivity index (χ2n) is 5.59. The number of aryl methyl sites for hydroxylation is 1. The summed E-state index contributed by atoms with van der Waals surface area (Å²) >= 11 is 12.6. The Kier molecular flexibility index (Phi) is 5.46. The first kappa shape index (κ1) is 17.6. The Bertz CT molecular complexity index is 873. The number of nitrogens with zero attached hydrogens (tertiary/aromatic N) is 2. The van der Waals surface area contributed by atoms with E-state index in [1.165, 1.54) is 0 Å². The highest BCUT2D eigenvalue weighted by atomic mass is 35.5. The van der Waals surface area contributed by atoms with Gasteiger partial charge in [0.25, 0.3) is 5.91 Å². The fourth-order valence-electron chi connectivity index (χ4n) is 2.55. The number of nitrogens with one attached hydrogen (secondary N) is 1. The monoisotopic (exact) mass is 377 g/mol. The van der Waals surface area contributed by atoms with Crippen LogP contribution in [0.4, 0.5) is 0 Å². The van der Waals surface area contributed by atoms with Gasteiger partial charge in [-0.2, -0.15) is 5.10 Å². The Morgan fingerprint density at radius 1 is 1.24 bits per heavy atom. The molecule has 0 saturated carbocycles. The van der Waals surface area contributed by atoms with Crippen LogP contribution in [0.2, 0.25) is 10.2 Å². The summed E-state index contributed by atoms with van der Waals surface area (Å²) in [5.74, 6) is 0.567. The van der Waals surface area contributed by atoms with Gasteiger partial charge in [-0.15, -0.1) is 0 Å². The largest absolute Gasteiger partial charge is 0.469 e. The predicted octanol–water partition coefficient (Wildman–Crippen LogP) is 4.11. The number of benzene rings is 1. The van der Waals surface area contributed by atoms with Gasteiger partial charge in [-0.1, -0.05) is 41.4 Å². The molecule has 0 fully saturated rings. The molecule has 0 unspecified atom stereocenters. The van der Waals surface area contributed by atoms with Crippen LogP contribution in [0, 0.1) is 6.92 Å². The van der Waals surface area contributed by atoms with Gasteiger partial charge in [-0.25, -0.2) is 4.68 Å². The maximum atomic E-state index is 12.4. The Labute approximate surface area is 155 Å². The predicted molar refractivity (Wildman–Crippen MR) is 97.3 cm³/mol. The molecule has 0 bridgehead atoms. The molecule has 25 heavy (non-hydrogen) atoms. The summed E-state index contributed by atoms with van der Waals surface area (Å²) < 4.78 is 6.83. The number of aromatic nitrogens is 2. The minimum absolute atomic E-state index is 0.250. The van der Waals surface area contributed by atoms with Crippen molar-refractivity contribution in [3.63, 3.8) is 0 Å². The molecular weight excluding hydrogens is 361 g/mol.